The lowest BCUT2D eigenvalue weighted by molar-refractivity contribution is 0.519. The Kier molecular flexibility index (Phi) is 1.52. The lowest BCUT2D eigenvalue weighted by atomic mass is 11.0. The van der Waals surface area contributed by atoms with Crippen molar-refractivity contribution in [3.05, 3.63) is 0 Å². The summed E-state index contributed by atoms with van der Waals surface area (Å²) in [7, 11) is 0.284. The largest absolute Gasteiger partial charge is 0.216 e. The van der Waals surface area contributed by atoms with E-state index in [0.717, 1.165) is 12.8 Å². The van der Waals surface area contributed by atoms with Crippen molar-refractivity contribution < 1.29 is 8.42 Å². The standard InChI is InChI=1S/C5H11NO2S/c1-6(2)9(7,8)5-3-4-5/h5H,3-4H2,1-2H3. The van der Waals surface area contributed by atoms with Gasteiger partial charge in [-0.2, -0.15) is 0 Å². The Balaban J connectivity index is 2.73. The van der Waals surface area contributed by atoms with Crippen molar-refractivity contribution in [2.75, 3.05) is 14.1 Å². The predicted octanol–water partition coefficient (Wildman–Crippen LogP) is 0.0402. The number of sulfonamides is 1. The number of hydrogen-bond acceptors (Lipinski definition) is 2. The zero-order valence-electron chi connectivity index (χ0n) is 5.66. The zero-order valence-corrected chi connectivity index (χ0v) is 6.48. The fraction of sp³-hybridized carbons (Fsp3) is 1.00. The quantitative estimate of drug-likeness (QED) is 0.556. The summed E-state index contributed by atoms with van der Waals surface area (Å²) in [5.74, 6) is 0. The van der Waals surface area contributed by atoms with Gasteiger partial charge in [0.1, 0.15) is 0 Å². The Morgan fingerprint density at radius 3 is 1.89 bits per heavy atom. The minimum absolute atomic E-state index is 0.0625. The molecule has 0 N–H and O–H groups in total. The van der Waals surface area contributed by atoms with E-state index in [1.165, 1.54) is 4.31 Å². The van der Waals surface area contributed by atoms with E-state index in [2.05, 4.69) is 0 Å². The van der Waals surface area contributed by atoms with Crippen LogP contribution in [0.15, 0.2) is 0 Å². The van der Waals surface area contributed by atoms with Crippen LogP contribution >= 0.6 is 0 Å². The molecule has 3 nitrogen and oxygen atoms in total. The summed E-state index contributed by atoms with van der Waals surface area (Å²) in [5.41, 5.74) is 0. The van der Waals surface area contributed by atoms with Gasteiger partial charge in [0, 0.05) is 14.1 Å². The first kappa shape index (κ1) is 7.02. The Morgan fingerprint density at radius 1 is 1.33 bits per heavy atom. The molecule has 1 fully saturated rings. The summed E-state index contributed by atoms with van der Waals surface area (Å²) in [6, 6.07) is 0. The molecule has 0 spiro atoms. The molecule has 1 aliphatic rings. The first-order chi connectivity index (χ1) is 4.05. The van der Waals surface area contributed by atoms with Crippen LogP contribution in [0.2, 0.25) is 0 Å². The second-order valence-corrected chi connectivity index (χ2v) is 4.95. The molecule has 1 rings (SSSR count). The molecule has 1 aliphatic carbocycles. The Hall–Kier alpha value is -0.0900. The van der Waals surface area contributed by atoms with Gasteiger partial charge in [-0.25, -0.2) is 12.7 Å². The maximum atomic E-state index is 11.0. The van der Waals surface area contributed by atoms with E-state index in [1.54, 1.807) is 14.1 Å². The zero-order chi connectivity index (χ0) is 7.07. The van der Waals surface area contributed by atoms with Crippen molar-refractivity contribution in [3.63, 3.8) is 0 Å². The molecular weight excluding hydrogens is 138 g/mol. The van der Waals surface area contributed by atoms with Crippen LogP contribution in [-0.2, 0) is 10.0 Å². The first-order valence-electron chi connectivity index (χ1n) is 2.96. The van der Waals surface area contributed by atoms with Gasteiger partial charge in [-0.1, -0.05) is 0 Å². The summed E-state index contributed by atoms with van der Waals surface area (Å²) in [6.07, 6.45) is 1.70. The molecule has 0 unspecified atom stereocenters. The van der Waals surface area contributed by atoms with Gasteiger partial charge in [-0.15, -0.1) is 0 Å². The number of nitrogens with zero attached hydrogens (tertiary/aromatic N) is 1. The van der Waals surface area contributed by atoms with Crippen molar-refractivity contribution in [2.24, 2.45) is 0 Å². The molecule has 0 atom stereocenters. The fourth-order valence-corrected chi connectivity index (χ4v) is 1.99. The van der Waals surface area contributed by atoms with Crippen molar-refractivity contribution >= 4 is 10.0 Å². The topological polar surface area (TPSA) is 37.4 Å². The molecule has 9 heavy (non-hydrogen) atoms. The molecular formula is C5H11NO2S. The van der Waals surface area contributed by atoms with E-state index in [9.17, 15) is 8.42 Å². The van der Waals surface area contributed by atoms with Crippen molar-refractivity contribution in [1.29, 1.82) is 0 Å². The van der Waals surface area contributed by atoms with E-state index >= 15 is 0 Å². The van der Waals surface area contributed by atoms with Crippen LogP contribution in [0.25, 0.3) is 0 Å². The summed E-state index contributed by atoms with van der Waals surface area (Å²) in [5, 5.41) is -0.0625. The molecule has 0 aromatic rings. The number of hydrogen-bond donors (Lipinski definition) is 0. The SMILES string of the molecule is CN(C)S(=O)(=O)C1CC1. The van der Waals surface area contributed by atoms with Gasteiger partial charge in [0.15, 0.2) is 0 Å². The van der Waals surface area contributed by atoms with Gasteiger partial charge >= 0.3 is 0 Å². The van der Waals surface area contributed by atoms with Gasteiger partial charge in [0.05, 0.1) is 5.25 Å². The smallest absolute Gasteiger partial charge is 0.212 e. The van der Waals surface area contributed by atoms with Crippen LogP contribution < -0.4 is 0 Å². The molecule has 0 aromatic heterocycles. The Bertz CT molecular complexity index is 183. The summed E-state index contributed by atoms with van der Waals surface area (Å²) < 4.78 is 23.3. The van der Waals surface area contributed by atoms with Gasteiger partial charge in [-0.3, -0.25) is 0 Å². The van der Waals surface area contributed by atoms with Crippen LogP contribution in [-0.4, -0.2) is 32.1 Å². The molecule has 0 aliphatic heterocycles. The third kappa shape index (κ3) is 1.24. The van der Waals surface area contributed by atoms with E-state index < -0.39 is 10.0 Å². The molecule has 0 bridgehead atoms. The first-order valence-corrected chi connectivity index (χ1v) is 4.47. The summed E-state index contributed by atoms with van der Waals surface area (Å²) in [4.78, 5) is 0. The highest BCUT2D eigenvalue weighted by Crippen LogP contribution is 2.29. The molecule has 0 saturated heterocycles. The Morgan fingerprint density at radius 2 is 1.78 bits per heavy atom. The summed E-state index contributed by atoms with van der Waals surface area (Å²) in [6.45, 7) is 0. The van der Waals surface area contributed by atoms with Crippen LogP contribution in [0.1, 0.15) is 12.8 Å². The third-order valence-electron chi connectivity index (χ3n) is 1.45. The van der Waals surface area contributed by atoms with E-state index in [4.69, 9.17) is 0 Å². The minimum atomic E-state index is -2.87. The van der Waals surface area contributed by atoms with Gasteiger partial charge < -0.3 is 0 Å². The molecule has 1 saturated carbocycles. The third-order valence-corrected chi connectivity index (χ3v) is 3.79. The van der Waals surface area contributed by atoms with E-state index in [1.807, 2.05) is 0 Å². The minimum Gasteiger partial charge on any atom is -0.212 e. The van der Waals surface area contributed by atoms with Crippen molar-refractivity contribution in [3.8, 4) is 0 Å². The van der Waals surface area contributed by atoms with Crippen molar-refractivity contribution in [1.82, 2.24) is 4.31 Å². The van der Waals surface area contributed by atoms with Crippen LogP contribution in [0.3, 0.4) is 0 Å². The van der Waals surface area contributed by atoms with E-state index in [0.29, 0.717) is 0 Å². The second kappa shape index (κ2) is 1.95. The van der Waals surface area contributed by atoms with Gasteiger partial charge in [0.2, 0.25) is 10.0 Å². The highest BCUT2D eigenvalue weighted by Gasteiger charge is 2.36. The molecule has 0 heterocycles. The lowest BCUT2D eigenvalue weighted by Gasteiger charge is -2.08. The molecule has 54 valence electrons. The van der Waals surface area contributed by atoms with Gasteiger partial charge in [0.25, 0.3) is 0 Å². The highest BCUT2D eigenvalue weighted by atomic mass is 32.2. The average molecular weight is 149 g/mol. The monoisotopic (exact) mass is 149 g/mol. The maximum absolute atomic E-state index is 11.0. The van der Waals surface area contributed by atoms with Crippen LogP contribution in [0, 0.1) is 0 Å². The van der Waals surface area contributed by atoms with Crippen LogP contribution in [0.4, 0.5) is 0 Å². The number of rotatable bonds is 2. The molecule has 0 radical (unpaired) electrons. The Labute approximate surface area is 55.7 Å². The molecule has 0 amide bonds. The average Bonchev–Trinajstić information content (AvgIpc) is 2.42. The fourth-order valence-electron chi connectivity index (χ4n) is 0.664. The summed E-state index contributed by atoms with van der Waals surface area (Å²) >= 11 is 0. The van der Waals surface area contributed by atoms with Crippen molar-refractivity contribution in [2.45, 2.75) is 18.1 Å². The second-order valence-electron chi connectivity index (χ2n) is 2.53. The predicted molar refractivity (Wildman–Crippen MR) is 35.6 cm³/mol. The van der Waals surface area contributed by atoms with Crippen LogP contribution in [0.5, 0.6) is 0 Å². The lowest BCUT2D eigenvalue weighted by Crippen LogP contribution is -2.25. The maximum Gasteiger partial charge on any atom is 0.216 e. The van der Waals surface area contributed by atoms with Gasteiger partial charge in [-0.05, 0) is 12.8 Å². The highest BCUT2D eigenvalue weighted by molar-refractivity contribution is 7.90. The molecule has 4 heteroatoms. The normalized spacial score (nSPS) is 20.8. The van der Waals surface area contributed by atoms with E-state index in [-0.39, 0.29) is 5.25 Å². The molecule has 0 aromatic carbocycles.